The van der Waals surface area contributed by atoms with Crippen LogP contribution < -0.4 is 20.8 Å². The van der Waals surface area contributed by atoms with Crippen molar-refractivity contribution in [1.29, 1.82) is 0 Å². The first kappa shape index (κ1) is 22.7. The molecule has 35 heavy (non-hydrogen) atoms. The number of amides is 2. The van der Waals surface area contributed by atoms with Crippen molar-refractivity contribution in [1.82, 2.24) is 24.5 Å². The van der Waals surface area contributed by atoms with Crippen LogP contribution >= 0.6 is 0 Å². The lowest BCUT2D eigenvalue weighted by Crippen LogP contribution is -2.41. The molecule has 176 valence electrons. The van der Waals surface area contributed by atoms with Crippen LogP contribution in [0, 0.1) is 0 Å². The number of rotatable bonds is 6. The first-order valence-electron chi connectivity index (χ1n) is 11.6. The van der Waals surface area contributed by atoms with E-state index >= 15 is 0 Å². The molecule has 9 nitrogen and oxygen atoms in total. The predicted molar refractivity (Wildman–Crippen MR) is 135 cm³/mol. The van der Waals surface area contributed by atoms with E-state index in [0.717, 1.165) is 29.9 Å². The number of nitrogens with zero attached hydrogens (tertiary/aromatic N) is 5. The first-order valence-corrected chi connectivity index (χ1v) is 11.6. The Morgan fingerprint density at radius 1 is 1.23 bits per heavy atom. The summed E-state index contributed by atoms with van der Waals surface area (Å²) in [7, 11) is 7.77. The van der Waals surface area contributed by atoms with Gasteiger partial charge in [-0.05, 0) is 42.1 Å². The summed E-state index contributed by atoms with van der Waals surface area (Å²) in [6, 6.07) is 13.1. The number of likely N-dealkylation sites (tertiary alicyclic amines) is 1. The van der Waals surface area contributed by atoms with Crippen molar-refractivity contribution in [3.63, 3.8) is 0 Å². The molecule has 1 aliphatic rings. The molecule has 1 fully saturated rings. The molecule has 4 aromatic rings. The van der Waals surface area contributed by atoms with Gasteiger partial charge in [-0.2, -0.15) is 9.61 Å². The molecule has 1 unspecified atom stereocenters. The summed E-state index contributed by atoms with van der Waals surface area (Å²) in [5.41, 5.74) is 3.76. The molecule has 0 saturated carbocycles. The van der Waals surface area contributed by atoms with E-state index in [1.807, 2.05) is 47.5 Å². The zero-order chi connectivity index (χ0) is 24.2. The molecule has 5 rings (SSSR count). The van der Waals surface area contributed by atoms with Crippen LogP contribution in [-0.2, 0) is 6.54 Å². The van der Waals surface area contributed by atoms with Crippen LogP contribution in [0.4, 0.5) is 16.3 Å². The Kier molecular flexibility index (Phi) is 6.52. The summed E-state index contributed by atoms with van der Waals surface area (Å²) < 4.78 is 6.97. The van der Waals surface area contributed by atoms with E-state index in [2.05, 4.69) is 20.7 Å². The summed E-state index contributed by atoms with van der Waals surface area (Å²) in [5.74, 6) is 1.57. The number of methoxy groups -OCH3 is 1. The maximum atomic E-state index is 13.0. The van der Waals surface area contributed by atoms with Gasteiger partial charge < -0.3 is 20.3 Å². The van der Waals surface area contributed by atoms with E-state index in [4.69, 9.17) is 17.6 Å². The quantitative estimate of drug-likeness (QED) is 0.424. The highest BCUT2D eigenvalue weighted by atomic mass is 16.5. The monoisotopic (exact) mass is 467 g/mol. The SMILES string of the molecule is [B]c1cnn2c(NCc3cccnc3)cc(C3CCCN(C(=O)Nc4cccc(OC)c4)C3)nc12. The standard InChI is InChI=1S/C25H26BN7O2/c1-35-20-8-2-7-19(11-20)30-25(34)32-10-4-6-18(16-32)22-12-23(28-14-17-5-3-9-27-13-17)33-24(31-22)21(26)15-29-33/h2-3,5,7-9,11-13,15,18,28H,4,6,10,14,16H2,1H3,(H,30,34). The van der Waals surface area contributed by atoms with Crippen molar-refractivity contribution >= 4 is 36.5 Å². The summed E-state index contributed by atoms with van der Waals surface area (Å²) in [5, 5.41) is 10.8. The van der Waals surface area contributed by atoms with Crippen molar-refractivity contribution in [2.75, 3.05) is 30.8 Å². The normalized spacial score (nSPS) is 15.7. The van der Waals surface area contributed by atoms with Gasteiger partial charge in [-0.1, -0.05) is 12.1 Å². The van der Waals surface area contributed by atoms with Gasteiger partial charge in [-0.15, -0.1) is 0 Å². The number of ether oxygens (including phenoxy) is 1. The fraction of sp³-hybridized carbons (Fsp3) is 0.280. The van der Waals surface area contributed by atoms with E-state index in [1.54, 1.807) is 30.1 Å². The Labute approximate surface area is 204 Å². The van der Waals surface area contributed by atoms with Crippen LogP contribution in [0.1, 0.15) is 30.0 Å². The van der Waals surface area contributed by atoms with Crippen LogP contribution in [0.5, 0.6) is 5.75 Å². The van der Waals surface area contributed by atoms with Gasteiger partial charge in [0.05, 0.1) is 12.8 Å². The summed E-state index contributed by atoms with van der Waals surface area (Å²) in [6.45, 7) is 1.84. The largest absolute Gasteiger partial charge is 0.497 e. The van der Waals surface area contributed by atoms with E-state index in [1.165, 1.54) is 0 Å². The Morgan fingerprint density at radius 2 is 2.14 bits per heavy atom. The van der Waals surface area contributed by atoms with Crippen LogP contribution in [0.2, 0.25) is 0 Å². The smallest absolute Gasteiger partial charge is 0.321 e. The molecule has 1 saturated heterocycles. The number of fused-ring (bicyclic) bond motifs is 1. The van der Waals surface area contributed by atoms with Gasteiger partial charge in [0.1, 0.15) is 19.4 Å². The molecular weight excluding hydrogens is 441 g/mol. The highest BCUT2D eigenvalue weighted by Crippen LogP contribution is 2.28. The second-order valence-electron chi connectivity index (χ2n) is 8.56. The van der Waals surface area contributed by atoms with Crippen molar-refractivity contribution in [2.45, 2.75) is 25.3 Å². The number of pyridine rings is 1. The maximum absolute atomic E-state index is 13.0. The van der Waals surface area contributed by atoms with Gasteiger partial charge in [-0.25, -0.2) is 9.78 Å². The van der Waals surface area contributed by atoms with Gasteiger partial charge in [0.15, 0.2) is 5.65 Å². The van der Waals surface area contributed by atoms with Crippen molar-refractivity contribution in [2.24, 2.45) is 0 Å². The Hall–Kier alpha value is -4.08. The van der Waals surface area contributed by atoms with Gasteiger partial charge in [0.25, 0.3) is 0 Å². The topological polar surface area (TPSA) is 96.7 Å². The number of benzene rings is 1. The molecule has 1 aliphatic heterocycles. The molecule has 10 heteroatoms. The molecule has 1 atom stereocenters. The number of hydrogen-bond donors (Lipinski definition) is 2. The Bertz CT molecular complexity index is 1330. The summed E-state index contributed by atoms with van der Waals surface area (Å²) in [4.78, 5) is 23.8. The number of carbonyl (C=O) groups excluding carboxylic acids is 1. The van der Waals surface area contributed by atoms with Gasteiger partial charge in [-0.3, -0.25) is 4.98 Å². The van der Waals surface area contributed by atoms with Crippen LogP contribution in [0.3, 0.4) is 0 Å². The molecule has 4 heterocycles. The lowest BCUT2D eigenvalue weighted by molar-refractivity contribution is 0.192. The molecule has 2 radical (unpaired) electrons. The second kappa shape index (κ2) is 10.0. The van der Waals surface area contributed by atoms with E-state index in [9.17, 15) is 4.79 Å². The molecule has 0 aliphatic carbocycles. The number of carbonyl (C=O) groups is 1. The third kappa shape index (κ3) is 5.06. The van der Waals surface area contributed by atoms with Gasteiger partial charge in [0.2, 0.25) is 0 Å². The average Bonchev–Trinajstić information content (AvgIpc) is 3.28. The zero-order valence-electron chi connectivity index (χ0n) is 19.5. The number of hydrogen-bond acceptors (Lipinski definition) is 6. The number of aromatic nitrogens is 4. The molecule has 0 spiro atoms. The fourth-order valence-corrected chi connectivity index (χ4v) is 4.34. The molecule has 3 aromatic heterocycles. The molecule has 1 aromatic carbocycles. The van der Waals surface area contributed by atoms with E-state index in [0.29, 0.717) is 42.2 Å². The number of nitrogens with one attached hydrogen (secondary N) is 2. The summed E-state index contributed by atoms with van der Waals surface area (Å²) >= 11 is 0. The highest BCUT2D eigenvalue weighted by Gasteiger charge is 2.27. The lowest BCUT2D eigenvalue weighted by atomic mass is 9.94. The van der Waals surface area contributed by atoms with Crippen LogP contribution in [0.15, 0.2) is 61.1 Å². The molecular formula is C25H26BN7O2. The summed E-state index contributed by atoms with van der Waals surface area (Å²) in [6.07, 6.45) is 7.00. The molecule has 2 amide bonds. The maximum Gasteiger partial charge on any atom is 0.321 e. The van der Waals surface area contributed by atoms with Crippen LogP contribution in [-0.4, -0.2) is 58.6 Å². The van der Waals surface area contributed by atoms with Crippen molar-refractivity contribution in [3.05, 3.63) is 72.3 Å². The number of anilines is 2. The van der Waals surface area contributed by atoms with E-state index in [-0.39, 0.29) is 11.9 Å². The van der Waals surface area contributed by atoms with Gasteiger partial charge >= 0.3 is 6.03 Å². The Balaban J connectivity index is 1.35. The highest BCUT2D eigenvalue weighted by molar-refractivity contribution is 6.36. The number of piperidine rings is 1. The van der Waals surface area contributed by atoms with Crippen molar-refractivity contribution in [3.8, 4) is 5.75 Å². The van der Waals surface area contributed by atoms with Gasteiger partial charge in [0, 0.05) is 62.0 Å². The fourth-order valence-electron chi connectivity index (χ4n) is 4.34. The third-order valence-corrected chi connectivity index (χ3v) is 6.16. The lowest BCUT2D eigenvalue weighted by Gasteiger charge is -2.32. The molecule has 0 bridgehead atoms. The zero-order valence-corrected chi connectivity index (χ0v) is 19.5. The van der Waals surface area contributed by atoms with Crippen molar-refractivity contribution < 1.29 is 9.53 Å². The minimum atomic E-state index is -0.136. The second-order valence-corrected chi connectivity index (χ2v) is 8.56. The van der Waals surface area contributed by atoms with E-state index < -0.39 is 0 Å². The number of urea groups is 1. The average molecular weight is 467 g/mol. The third-order valence-electron chi connectivity index (χ3n) is 6.16. The Morgan fingerprint density at radius 3 is 2.97 bits per heavy atom. The predicted octanol–water partition coefficient (Wildman–Crippen LogP) is 2.95. The molecule has 2 N–H and O–H groups in total. The minimum absolute atomic E-state index is 0.0815. The minimum Gasteiger partial charge on any atom is -0.497 e. The van der Waals surface area contributed by atoms with Crippen LogP contribution in [0.25, 0.3) is 5.65 Å². The first-order chi connectivity index (χ1) is 17.1.